The van der Waals surface area contributed by atoms with Crippen LogP contribution in [0.5, 0.6) is 0 Å². The lowest BCUT2D eigenvalue weighted by molar-refractivity contribution is 0.0650. The van der Waals surface area contributed by atoms with E-state index in [0.29, 0.717) is 26.3 Å². The Balaban J connectivity index is 0. The van der Waals surface area contributed by atoms with Gasteiger partial charge in [0.25, 0.3) is 0 Å². The highest BCUT2D eigenvalue weighted by atomic mass is 16.5. The Morgan fingerprint density at radius 3 is 1.43 bits per heavy atom. The summed E-state index contributed by atoms with van der Waals surface area (Å²) < 4.78 is 4.63. The molecular formula is C8H21NO5. The first-order chi connectivity index (χ1) is 6.83. The van der Waals surface area contributed by atoms with Gasteiger partial charge in [-0.15, -0.1) is 0 Å². The van der Waals surface area contributed by atoms with Crippen LogP contribution in [-0.2, 0) is 4.74 Å². The Kier molecular flexibility index (Phi) is 21.4. The Bertz CT molecular complexity index is 66.1. The van der Waals surface area contributed by atoms with Crippen molar-refractivity contribution in [1.82, 2.24) is 5.32 Å². The fraction of sp³-hybridized carbons (Fsp3) is 1.00. The Morgan fingerprint density at radius 1 is 0.714 bits per heavy atom. The van der Waals surface area contributed by atoms with Gasteiger partial charge in [0, 0.05) is 13.1 Å². The van der Waals surface area contributed by atoms with Crippen LogP contribution in [0.15, 0.2) is 0 Å². The average Bonchev–Trinajstić information content (AvgIpc) is 2.21. The number of nitrogens with one attached hydrogen (secondary N) is 1. The van der Waals surface area contributed by atoms with E-state index in [0.717, 1.165) is 0 Å². The highest BCUT2D eigenvalue weighted by Gasteiger charge is 1.79. The predicted octanol–water partition coefficient (Wildman–Crippen LogP) is -2.45. The van der Waals surface area contributed by atoms with E-state index >= 15 is 0 Å². The smallest absolute Gasteiger partial charge is 0.0698 e. The van der Waals surface area contributed by atoms with Crippen molar-refractivity contribution in [2.75, 3.05) is 52.7 Å². The molecule has 0 spiro atoms. The van der Waals surface area contributed by atoms with Gasteiger partial charge >= 0.3 is 0 Å². The molecule has 0 aromatic rings. The van der Waals surface area contributed by atoms with E-state index in [1.807, 2.05) is 0 Å². The van der Waals surface area contributed by atoms with Crippen LogP contribution < -0.4 is 5.32 Å². The molecule has 0 unspecified atom stereocenters. The molecule has 88 valence electrons. The first-order valence-electron chi connectivity index (χ1n) is 4.55. The molecule has 0 rings (SSSR count). The van der Waals surface area contributed by atoms with Crippen molar-refractivity contribution in [1.29, 1.82) is 0 Å². The second-order valence-electron chi connectivity index (χ2n) is 2.26. The van der Waals surface area contributed by atoms with Gasteiger partial charge in [0.2, 0.25) is 0 Å². The van der Waals surface area contributed by atoms with E-state index in [-0.39, 0.29) is 26.4 Å². The zero-order valence-electron chi connectivity index (χ0n) is 8.35. The van der Waals surface area contributed by atoms with Crippen molar-refractivity contribution in [3.05, 3.63) is 0 Å². The maximum atomic E-state index is 8.15. The monoisotopic (exact) mass is 211 g/mol. The molecule has 5 N–H and O–H groups in total. The molecule has 0 aromatic carbocycles. The number of hydrogen-bond acceptors (Lipinski definition) is 6. The summed E-state index contributed by atoms with van der Waals surface area (Å²) in [5.74, 6) is 0. The molecular weight excluding hydrogens is 190 g/mol. The maximum Gasteiger partial charge on any atom is 0.0698 e. The standard InChI is InChI=1S/C4H11NO2.C4H10O3/c6-3-1-5-2-4-7;5-1-3-7-4-2-6/h5-7H,1-4H2;5-6H,1-4H2. The molecule has 0 heterocycles. The number of ether oxygens (including phenoxy) is 1. The zero-order chi connectivity index (χ0) is 11.1. The molecule has 0 aliphatic rings. The summed E-state index contributed by atoms with van der Waals surface area (Å²) in [7, 11) is 0. The Labute approximate surface area is 84.1 Å². The third-order valence-corrected chi connectivity index (χ3v) is 1.05. The highest BCUT2D eigenvalue weighted by molar-refractivity contribution is 4.39. The summed E-state index contributed by atoms with van der Waals surface area (Å²) in [5, 5.41) is 35.3. The molecule has 0 amide bonds. The van der Waals surface area contributed by atoms with Crippen molar-refractivity contribution in [2.24, 2.45) is 0 Å². The number of aliphatic hydroxyl groups is 4. The van der Waals surface area contributed by atoms with Gasteiger partial charge in [-0.25, -0.2) is 0 Å². The molecule has 0 aliphatic carbocycles. The van der Waals surface area contributed by atoms with Gasteiger partial charge < -0.3 is 30.5 Å². The molecule has 6 nitrogen and oxygen atoms in total. The number of hydrogen-bond donors (Lipinski definition) is 5. The van der Waals surface area contributed by atoms with Crippen LogP contribution >= 0.6 is 0 Å². The highest BCUT2D eigenvalue weighted by Crippen LogP contribution is 1.68. The fourth-order valence-electron chi connectivity index (χ4n) is 0.514. The molecule has 0 saturated carbocycles. The van der Waals surface area contributed by atoms with Crippen LogP contribution in [0, 0.1) is 0 Å². The summed E-state index contributed by atoms with van der Waals surface area (Å²) in [6, 6.07) is 0. The van der Waals surface area contributed by atoms with Crippen molar-refractivity contribution in [3.63, 3.8) is 0 Å². The van der Waals surface area contributed by atoms with Crippen LogP contribution in [0.4, 0.5) is 0 Å². The van der Waals surface area contributed by atoms with E-state index in [1.54, 1.807) is 0 Å². The Morgan fingerprint density at radius 2 is 1.14 bits per heavy atom. The Hall–Kier alpha value is -0.240. The quantitative estimate of drug-likeness (QED) is 0.286. The SMILES string of the molecule is OCCNCCO.OCCOCCO. The zero-order valence-corrected chi connectivity index (χ0v) is 8.35. The molecule has 0 aromatic heterocycles. The number of aliphatic hydroxyl groups excluding tert-OH is 4. The van der Waals surface area contributed by atoms with E-state index < -0.39 is 0 Å². The molecule has 0 fully saturated rings. The normalized spacial score (nSPS) is 9.43. The summed E-state index contributed by atoms with van der Waals surface area (Å²) in [6.45, 7) is 2.11. The first kappa shape index (κ1) is 16.2. The molecule has 0 radical (unpaired) electrons. The van der Waals surface area contributed by atoms with Crippen LogP contribution in [0.3, 0.4) is 0 Å². The van der Waals surface area contributed by atoms with Gasteiger partial charge in [0.05, 0.1) is 39.6 Å². The van der Waals surface area contributed by atoms with Crippen LogP contribution in [0.1, 0.15) is 0 Å². The first-order valence-corrected chi connectivity index (χ1v) is 4.55. The third kappa shape index (κ3) is 22.6. The predicted molar refractivity (Wildman–Crippen MR) is 52.0 cm³/mol. The summed E-state index contributed by atoms with van der Waals surface area (Å²) in [6.07, 6.45) is 0. The van der Waals surface area contributed by atoms with Gasteiger partial charge in [-0.05, 0) is 0 Å². The molecule has 0 atom stereocenters. The van der Waals surface area contributed by atoms with Crippen LogP contribution in [0.25, 0.3) is 0 Å². The van der Waals surface area contributed by atoms with E-state index in [2.05, 4.69) is 10.1 Å². The molecule has 14 heavy (non-hydrogen) atoms. The molecule has 0 bridgehead atoms. The van der Waals surface area contributed by atoms with Crippen LogP contribution in [0.2, 0.25) is 0 Å². The van der Waals surface area contributed by atoms with Crippen molar-refractivity contribution < 1.29 is 25.2 Å². The van der Waals surface area contributed by atoms with Crippen molar-refractivity contribution in [3.8, 4) is 0 Å². The second-order valence-corrected chi connectivity index (χ2v) is 2.26. The maximum absolute atomic E-state index is 8.15. The average molecular weight is 211 g/mol. The fourth-order valence-corrected chi connectivity index (χ4v) is 0.514. The molecule has 0 saturated heterocycles. The lowest BCUT2D eigenvalue weighted by atomic mass is 10.6. The minimum absolute atomic E-state index is 0.0278. The lowest BCUT2D eigenvalue weighted by Crippen LogP contribution is -2.21. The third-order valence-electron chi connectivity index (χ3n) is 1.05. The summed E-state index contributed by atoms with van der Waals surface area (Å²) in [5.41, 5.74) is 0. The van der Waals surface area contributed by atoms with E-state index in [1.165, 1.54) is 0 Å². The van der Waals surface area contributed by atoms with Gasteiger partial charge in [0.1, 0.15) is 0 Å². The molecule has 0 aliphatic heterocycles. The summed E-state index contributed by atoms with van der Waals surface area (Å²) >= 11 is 0. The topological polar surface area (TPSA) is 102 Å². The van der Waals surface area contributed by atoms with Crippen molar-refractivity contribution >= 4 is 0 Å². The van der Waals surface area contributed by atoms with Gasteiger partial charge in [-0.3, -0.25) is 0 Å². The minimum Gasteiger partial charge on any atom is -0.395 e. The summed E-state index contributed by atoms with van der Waals surface area (Å²) in [4.78, 5) is 0. The minimum atomic E-state index is 0.0278. The van der Waals surface area contributed by atoms with E-state index in [9.17, 15) is 0 Å². The van der Waals surface area contributed by atoms with E-state index in [4.69, 9.17) is 20.4 Å². The van der Waals surface area contributed by atoms with Crippen LogP contribution in [-0.4, -0.2) is 73.2 Å². The van der Waals surface area contributed by atoms with Crippen molar-refractivity contribution in [2.45, 2.75) is 0 Å². The lowest BCUT2D eigenvalue weighted by Gasteiger charge is -1.94. The number of rotatable bonds is 8. The molecule has 6 heteroatoms. The largest absolute Gasteiger partial charge is 0.395 e. The van der Waals surface area contributed by atoms with Gasteiger partial charge in [-0.2, -0.15) is 0 Å². The van der Waals surface area contributed by atoms with Gasteiger partial charge in [-0.1, -0.05) is 0 Å². The van der Waals surface area contributed by atoms with Gasteiger partial charge in [0.15, 0.2) is 0 Å². The second kappa shape index (κ2) is 18.5.